The first-order chi connectivity index (χ1) is 10.9. The van der Waals surface area contributed by atoms with E-state index < -0.39 is 5.97 Å². The van der Waals surface area contributed by atoms with Crippen LogP contribution in [0.3, 0.4) is 0 Å². The highest BCUT2D eigenvalue weighted by Crippen LogP contribution is 2.17. The molecule has 1 amide bonds. The van der Waals surface area contributed by atoms with Gasteiger partial charge in [0.15, 0.2) is 0 Å². The van der Waals surface area contributed by atoms with Gasteiger partial charge in [0.25, 0.3) is 5.91 Å². The smallest absolute Gasteiger partial charge is 0.339 e. The van der Waals surface area contributed by atoms with Crippen LogP contribution in [0.1, 0.15) is 51.1 Å². The van der Waals surface area contributed by atoms with E-state index in [0.29, 0.717) is 17.1 Å². The number of furan rings is 1. The van der Waals surface area contributed by atoms with Gasteiger partial charge in [0, 0.05) is 12.6 Å². The number of benzene rings is 1. The summed E-state index contributed by atoms with van der Waals surface area (Å²) in [4.78, 5) is 24.9. The van der Waals surface area contributed by atoms with E-state index in [-0.39, 0.29) is 18.0 Å². The molecule has 2 aromatic rings. The molecule has 0 saturated carbocycles. The lowest BCUT2D eigenvalue weighted by molar-refractivity contribution is 0.0694. The molecular formula is C18H21NO4. The number of aryl methyl sites for hydroxylation is 2. The van der Waals surface area contributed by atoms with E-state index in [2.05, 4.69) is 6.92 Å². The highest BCUT2D eigenvalue weighted by atomic mass is 16.4. The van der Waals surface area contributed by atoms with Crippen molar-refractivity contribution in [3.05, 3.63) is 58.5 Å². The molecule has 0 spiro atoms. The Balaban J connectivity index is 2.07. The molecule has 0 bridgehead atoms. The second-order valence-electron chi connectivity index (χ2n) is 5.60. The average molecular weight is 315 g/mol. The highest BCUT2D eigenvalue weighted by molar-refractivity contribution is 5.94. The van der Waals surface area contributed by atoms with Crippen molar-refractivity contribution in [2.24, 2.45) is 0 Å². The molecule has 0 aliphatic rings. The molecule has 0 saturated heterocycles. The van der Waals surface area contributed by atoms with Crippen molar-refractivity contribution in [1.29, 1.82) is 0 Å². The Kier molecular flexibility index (Phi) is 5.21. The van der Waals surface area contributed by atoms with Crippen molar-refractivity contribution in [3.8, 4) is 0 Å². The number of hydrogen-bond donors (Lipinski definition) is 1. The van der Waals surface area contributed by atoms with Crippen LogP contribution >= 0.6 is 0 Å². The van der Waals surface area contributed by atoms with E-state index in [0.717, 1.165) is 12.8 Å². The molecule has 0 fully saturated rings. The topological polar surface area (TPSA) is 70.8 Å². The zero-order valence-electron chi connectivity index (χ0n) is 13.6. The van der Waals surface area contributed by atoms with Gasteiger partial charge >= 0.3 is 5.97 Å². The zero-order valence-corrected chi connectivity index (χ0v) is 13.6. The van der Waals surface area contributed by atoms with Gasteiger partial charge in [-0.15, -0.1) is 0 Å². The Morgan fingerprint density at radius 1 is 1.22 bits per heavy atom. The molecule has 0 radical (unpaired) electrons. The molecule has 23 heavy (non-hydrogen) atoms. The van der Waals surface area contributed by atoms with E-state index in [4.69, 9.17) is 9.52 Å². The lowest BCUT2D eigenvalue weighted by atomic mass is 10.1. The van der Waals surface area contributed by atoms with Gasteiger partial charge in [0.1, 0.15) is 17.1 Å². The molecular weight excluding hydrogens is 294 g/mol. The quantitative estimate of drug-likeness (QED) is 0.885. The Hall–Kier alpha value is -2.56. The van der Waals surface area contributed by atoms with E-state index in [1.54, 1.807) is 14.0 Å². The molecule has 122 valence electrons. The SMILES string of the molecule is CCCc1ccc(C(=O)N(C)Cc2cc(C(=O)O)c(C)o2)cc1. The molecule has 1 aromatic carbocycles. The minimum absolute atomic E-state index is 0.126. The molecule has 0 unspecified atom stereocenters. The van der Waals surface area contributed by atoms with Crippen molar-refractivity contribution in [2.75, 3.05) is 7.05 Å². The molecule has 0 aliphatic heterocycles. The highest BCUT2D eigenvalue weighted by Gasteiger charge is 2.17. The third-order valence-corrected chi connectivity index (χ3v) is 3.68. The first-order valence-electron chi connectivity index (χ1n) is 7.59. The molecule has 1 aromatic heterocycles. The van der Waals surface area contributed by atoms with Crippen LogP contribution < -0.4 is 0 Å². The van der Waals surface area contributed by atoms with E-state index in [9.17, 15) is 9.59 Å². The number of carbonyl (C=O) groups is 2. The van der Waals surface area contributed by atoms with Crippen molar-refractivity contribution >= 4 is 11.9 Å². The molecule has 5 heteroatoms. The van der Waals surface area contributed by atoms with Crippen LogP contribution in [0.5, 0.6) is 0 Å². The molecule has 0 atom stereocenters. The van der Waals surface area contributed by atoms with Crippen LogP contribution in [0, 0.1) is 6.92 Å². The Labute approximate surface area is 135 Å². The van der Waals surface area contributed by atoms with Gasteiger partial charge in [-0.05, 0) is 37.1 Å². The largest absolute Gasteiger partial charge is 0.478 e. The summed E-state index contributed by atoms with van der Waals surface area (Å²) in [6, 6.07) is 9.03. The van der Waals surface area contributed by atoms with E-state index in [1.165, 1.54) is 16.5 Å². The molecule has 1 N–H and O–H groups in total. The summed E-state index contributed by atoms with van der Waals surface area (Å²) in [5.74, 6) is -0.354. The fourth-order valence-electron chi connectivity index (χ4n) is 2.46. The van der Waals surface area contributed by atoms with Gasteiger partial charge in [0.2, 0.25) is 0 Å². The van der Waals surface area contributed by atoms with Crippen LogP contribution in [-0.4, -0.2) is 28.9 Å². The number of aromatic carboxylic acids is 1. The number of carboxylic acids is 1. The number of carboxylic acid groups (broad SMARTS) is 1. The molecule has 5 nitrogen and oxygen atoms in total. The van der Waals surface area contributed by atoms with Gasteiger partial charge in [-0.3, -0.25) is 4.79 Å². The zero-order chi connectivity index (χ0) is 17.0. The van der Waals surface area contributed by atoms with Crippen LogP contribution in [0.4, 0.5) is 0 Å². The number of carbonyl (C=O) groups excluding carboxylic acids is 1. The third kappa shape index (κ3) is 4.00. The van der Waals surface area contributed by atoms with Gasteiger partial charge in [-0.25, -0.2) is 4.79 Å². The minimum atomic E-state index is -1.03. The Morgan fingerprint density at radius 3 is 2.39 bits per heavy atom. The lowest BCUT2D eigenvalue weighted by Crippen LogP contribution is -2.26. The monoisotopic (exact) mass is 315 g/mol. The summed E-state index contributed by atoms with van der Waals surface area (Å²) in [6.07, 6.45) is 2.06. The van der Waals surface area contributed by atoms with Gasteiger partial charge < -0.3 is 14.4 Å². The Morgan fingerprint density at radius 2 is 1.87 bits per heavy atom. The number of amides is 1. The van der Waals surface area contributed by atoms with Gasteiger partial charge in [0.05, 0.1) is 6.54 Å². The summed E-state index contributed by atoms with van der Waals surface area (Å²) >= 11 is 0. The van der Waals surface area contributed by atoms with Crippen molar-refractivity contribution < 1.29 is 19.1 Å². The minimum Gasteiger partial charge on any atom is -0.478 e. The second-order valence-corrected chi connectivity index (χ2v) is 5.60. The van der Waals surface area contributed by atoms with Gasteiger partial charge in [-0.2, -0.15) is 0 Å². The van der Waals surface area contributed by atoms with Crippen LogP contribution in [0.2, 0.25) is 0 Å². The maximum absolute atomic E-state index is 12.4. The molecule has 2 rings (SSSR count). The number of hydrogen-bond acceptors (Lipinski definition) is 3. The predicted molar refractivity (Wildman–Crippen MR) is 86.6 cm³/mol. The standard InChI is InChI=1S/C18H21NO4/c1-4-5-13-6-8-14(9-7-13)17(20)19(3)11-15-10-16(18(21)22)12(2)23-15/h6-10H,4-5,11H2,1-3H3,(H,21,22). The number of nitrogens with zero attached hydrogens (tertiary/aromatic N) is 1. The fourth-order valence-corrected chi connectivity index (χ4v) is 2.46. The normalized spacial score (nSPS) is 10.6. The Bertz CT molecular complexity index is 700. The average Bonchev–Trinajstić information content (AvgIpc) is 2.88. The lowest BCUT2D eigenvalue weighted by Gasteiger charge is -2.16. The summed E-state index contributed by atoms with van der Waals surface area (Å²) in [7, 11) is 1.67. The molecule has 1 heterocycles. The van der Waals surface area contributed by atoms with Gasteiger partial charge in [-0.1, -0.05) is 25.5 Å². The van der Waals surface area contributed by atoms with E-state index >= 15 is 0 Å². The van der Waals surface area contributed by atoms with E-state index in [1.807, 2.05) is 24.3 Å². The third-order valence-electron chi connectivity index (χ3n) is 3.68. The predicted octanol–water partition coefficient (Wildman–Crippen LogP) is 3.51. The summed E-state index contributed by atoms with van der Waals surface area (Å²) in [5, 5.41) is 9.03. The van der Waals surface area contributed by atoms with Crippen LogP contribution in [-0.2, 0) is 13.0 Å². The first-order valence-corrected chi connectivity index (χ1v) is 7.59. The second kappa shape index (κ2) is 7.13. The summed E-state index contributed by atoms with van der Waals surface area (Å²) in [6.45, 7) is 3.94. The van der Waals surface area contributed by atoms with Crippen molar-refractivity contribution in [1.82, 2.24) is 4.90 Å². The van der Waals surface area contributed by atoms with Crippen molar-refractivity contribution in [3.63, 3.8) is 0 Å². The number of rotatable bonds is 6. The summed E-state index contributed by atoms with van der Waals surface area (Å²) in [5.41, 5.74) is 1.94. The van der Waals surface area contributed by atoms with Crippen molar-refractivity contribution in [2.45, 2.75) is 33.2 Å². The summed E-state index contributed by atoms with van der Waals surface area (Å²) < 4.78 is 5.41. The van der Waals surface area contributed by atoms with Crippen LogP contribution in [0.15, 0.2) is 34.7 Å². The van der Waals surface area contributed by atoms with Crippen LogP contribution in [0.25, 0.3) is 0 Å². The fraction of sp³-hybridized carbons (Fsp3) is 0.333. The molecule has 0 aliphatic carbocycles. The first kappa shape index (κ1) is 16.8. The maximum Gasteiger partial charge on any atom is 0.339 e. The maximum atomic E-state index is 12.4.